The smallest absolute Gasteiger partial charge is 0.277 e. The molecule has 0 radical (unpaired) electrons. The van der Waals surface area contributed by atoms with Crippen molar-refractivity contribution in [3.05, 3.63) is 80.8 Å². The number of fused-ring (bicyclic) bond motifs is 1. The first-order valence-electron chi connectivity index (χ1n) is 10.9. The number of benzene rings is 1. The van der Waals surface area contributed by atoms with E-state index in [0.717, 1.165) is 17.7 Å². The molecular formula is C24H22ClF2N5O2. The van der Waals surface area contributed by atoms with Gasteiger partial charge in [-0.15, -0.1) is 0 Å². The van der Waals surface area contributed by atoms with Crippen LogP contribution in [0.1, 0.15) is 48.7 Å². The molecule has 0 unspecified atom stereocenters. The van der Waals surface area contributed by atoms with Crippen LogP contribution in [0.4, 0.5) is 8.78 Å². The molecule has 0 aliphatic carbocycles. The molecule has 1 aromatic carbocycles. The van der Waals surface area contributed by atoms with Gasteiger partial charge in [-0.25, -0.2) is 18.7 Å². The van der Waals surface area contributed by atoms with E-state index in [4.69, 9.17) is 21.3 Å². The minimum Gasteiger partial charge on any atom is -0.370 e. The van der Waals surface area contributed by atoms with Crippen LogP contribution in [0.5, 0.6) is 0 Å². The van der Waals surface area contributed by atoms with E-state index in [2.05, 4.69) is 10.1 Å². The number of aromatic nitrogens is 5. The van der Waals surface area contributed by atoms with Crippen LogP contribution in [0.3, 0.4) is 0 Å². The Kier molecular flexibility index (Phi) is 5.69. The van der Waals surface area contributed by atoms with Crippen molar-refractivity contribution in [3.63, 3.8) is 0 Å². The maximum absolute atomic E-state index is 14.8. The summed E-state index contributed by atoms with van der Waals surface area (Å²) in [5.74, 6) is -1.58. The van der Waals surface area contributed by atoms with Crippen molar-refractivity contribution < 1.29 is 13.5 Å². The maximum atomic E-state index is 14.8. The van der Waals surface area contributed by atoms with Gasteiger partial charge in [-0.2, -0.15) is 5.10 Å². The quantitative estimate of drug-likeness (QED) is 0.418. The molecule has 1 saturated heterocycles. The third kappa shape index (κ3) is 3.99. The van der Waals surface area contributed by atoms with E-state index in [1.807, 2.05) is 20.2 Å². The summed E-state index contributed by atoms with van der Waals surface area (Å²) < 4.78 is 37.6. The average molecular weight is 486 g/mol. The summed E-state index contributed by atoms with van der Waals surface area (Å²) in [6.45, 7) is 3.58. The zero-order valence-corrected chi connectivity index (χ0v) is 19.6. The van der Waals surface area contributed by atoms with Gasteiger partial charge in [0.1, 0.15) is 22.4 Å². The minimum atomic E-state index is -0.790. The van der Waals surface area contributed by atoms with Crippen molar-refractivity contribution in [2.24, 2.45) is 7.05 Å². The average Bonchev–Trinajstić information content (AvgIpc) is 3.23. The summed E-state index contributed by atoms with van der Waals surface area (Å²) in [5, 5.41) is 4.22. The van der Waals surface area contributed by atoms with Crippen LogP contribution in [0.15, 0.2) is 41.6 Å². The molecule has 10 heteroatoms. The van der Waals surface area contributed by atoms with Crippen LogP contribution in [-0.2, 0) is 11.8 Å². The molecule has 1 fully saturated rings. The minimum absolute atomic E-state index is 0.0197. The highest BCUT2D eigenvalue weighted by atomic mass is 35.5. The second kappa shape index (κ2) is 8.56. The van der Waals surface area contributed by atoms with E-state index in [0.29, 0.717) is 24.2 Å². The molecule has 0 amide bonds. The van der Waals surface area contributed by atoms with E-state index in [1.54, 1.807) is 24.0 Å². The van der Waals surface area contributed by atoms with Crippen molar-refractivity contribution in [3.8, 4) is 11.3 Å². The van der Waals surface area contributed by atoms with Crippen LogP contribution in [0, 0.1) is 18.6 Å². The van der Waals surface area contributed by atoms with Crippen LogP contribution in [0.25, 0.3) is 16.9 Å². The molecule has 0 spiro atoms. The lowest BCUT2D eigenvalue weighted by Gasteiger charge is -2.33. The van der Waals surface area contributed by atoms with Crippen LogP contribution in [-0.4, -0.2) is 30.3 Å². The Labute approximate surface area is 199 Å². The summed E-state index contributed by atoms with van der Waals surface area (Å²) in [6, 6.07) is 3.24. The molecule has 1 aliphatic heterocycles. The zero-order valence-electron chi connectivity index (χ0n) is 18.8. The van der Waals surface area contributed by atoms with Gasteiger partial charge in [0, 0.05) is 42.6 Å². The molecule has 4 heterocycles. The van der Waals surface area contributed by atoms with Gasteiger partial charge in [0.2, 0.25) is 0 Å². The van der Waals surface area contributed by atoms with Crippen molar-refractivity contribution in [1.82, 2.24) is 24.1 Å². The van der Waals surface area contributed by atoms with Crippen LogP contribution >= 0.6 is 11.6 Å². The summed E-state index contributed by atoms with van der Waals surface area (Å²) in [4.78, 5) is 22.2. The topological polar surface area (TPSA) is 74.3 Å². The first-order chi connectivity index (χ1) is 16.2. The number of halogens is 3. The lowest BCUT2D eigenvalue weighted by molar-refractivity contribution is -0.0506. The molecule has 5 rings (SSSR count). The number of hydrogen-bond donors (Lipinski definition) is 0. The standard InChI is InChI=1S/C24H22ClF2N5O2/c1-12-6-14(7-20(34-12)15-9-28-31(3)10-15)19-11-32-23(29-13(2)21(25)24(32)33)22(30-19)17-5-4-16(26)8-18(17)27/h4-5,8-12,14,20H,6-7H2,1-3H3/t12-,14+,20+/m1/s1. The van der Waals surface area contributed by atoms with Gasteiger partial charge in [0.05, 0.1) is 29.8 Å². The fourth-order valence-corrected chi connectivity index (χ4v) is 4.65. The number of rotatable bonds is 3. The predicted molar refractivity (Wildman–Crippen MR) is 123 cm³/mol. The second-order valence-electron chi connectivity index (χ2n) is 8.70. The highest BCUT2D eigenvalue weighted by Crippen LogP contribution is 2.40. The Morgan fingerprint density at radius 3 is 2.68 bits per heavy atom. The SMILES string of the molecule is Cc1nc2c(-c3ccc(F)cc3F)nc([C@H]3C[C@@H](C)O[C@H](c4cnn(C)c4)C3)cn2c(=O)c1Cl. The van der Waals surface area contributed by atoms with Crippen LogP contribution in [0.2, 0.25) is 5.02 Å². The van der Waals surface area contributed by atoms with Crippen molar-refractivity contribution in [1.29, 1.82) is 0 Å². The van der Waals surface area contributed by atoms with Crippen molar-refractivity contribution in [2.75, 3.05) is 0 Å². The van der Waals surface area contributed by atoms with Gasteiger partial charge in [-0.05, 0) is 38.8 Å². The molecule has 1 aliphatic rings. The van der Waals surface area contributed by atoms with Gasteiger partial charge in [-0.1, -0.05) is 11.6 Å². The molecule has 3 atom stereocenters. The number of aryl methyl sites for hydroxylation is 2. The van der Waals surface area contributed by atoms with Gasteiger partial charge in [0.25, 0.3) is 5.56 Å². The molecule has 4 aromatic rings. The zero-order chi connectivity index (χ0) is 24.1. The molecule has 176 valence electrons. The second-order valence-corrected chi connectivity index (χ2v) is 9.08. The number of hydrogen-bond acceptors (Lipinski definition) is 5. The summed E-state index contributed by atoms with van der Waals surface area (Å²) in [5.41, 5.74) is 1.73. The van der Waals surface area contributed by atoms with Crippen molar-refractivity contribution >= 4 is 17.2 Å². The van der Waals surface area contributed by atoms with Crippen LogP contribution < -0.4 is 5.56 Å². The summed E-state index contributed by atoms with van der Waals surface area (Å²) in [6.07, 6.45) is 6.26. The Bertz CT molecular complexity index is 1470. The Morgan fingerprint density at radius 1 is 1.18 bits per heavy atom. The van der Waals surface area contributed by atoms with E-state index in [-0.39, 0.29) is 40.1 Å². The first-order valence-corrected chi connectivity index (χ1v) is 11.3. The monoisotopic (exact) mass is 485 g/mol. The van der Waals surface area contributed by atoms with E-state index >= 15 is 0 Å². The molecule has 0 N–H and O–H groups in total. The fraction of sp³-hybridized carbons (Fsp3) is 0.333. The molecule has 3 aromatic heterocycles. The Hall–Kier alpha value is -3.17. The predicted octanol–water partition coefficient (Wildman–Crippen LogP) is 4.75. The van der Waals surface area contributed by atoms with Gasteiger partial charge < -0.3 is 4.74 Å². The first kappa shape index (κ1) is 22.6. The molecule has 34 heavy (non-hydrogen) atoms. The number of ether oxygens (including phenoxy) is 1. The molecule has 0 saturated carbocycles. The lowest BCUT2D eigenvalue weighted by atomic mass is 9.87. The largest absolute Gasteiger partial charge is 0.370 e. The number of nitrogens with zero attached hydrogens (tertiary/aromatic N) is 5. The summed E-state index contributed by atoms with van der Waals surface area (Å²) in [7, 11) is 1.84. The highest BCUT2D eigenvalue weighted by molar-refractivity contribution is 6.31. The molecular weight excluding hydrogens is 464 g/mol. The third-order valence-corrected chi connectivity index (χ3v) is 6.59. The summed E-state index contributed by atoms with van der Waals surface area (Å²) >= 11 is 6.20. The Balaban J connectivity index is 1.69. The lowest BCUT2D eigenvalue weighted by Crippen LogP contribution is -2.27. The molecule has 7 nitrogen and oxygen atoms in total. The van der Waals surface area contributed by atoms with E-state index in [1.165, 1.54) is 10.5 Å². The Morgan fingerprint density at radius 2 is 1.97 bits per heavy atom. The van der Waals surface area contributed by atoms with Gasteiger partial charge >= 0.3 is 0 Å². The highest BCUT2D eigenvalue weighted by Gasteiger charge is 2.32. The fourth-order valence-electron chi connectivity index (χ4n) is 4.51. The van der Waals surface area contributed by atoms with Crippen molar-refractivity contribution in [2.45, 2.75) is 44.8 Å². The van der Waals surface area contributed by atoms with E-state index in [9.17, 15) is 13.6 Å². The normalized spacial score (nSPS) is 20.7. The maximum Gasteiger partial charge on any atom is 0.277 e. The van der Waals surface area contributed by atoms with Gasteiger partial charge in [-0.3, -0.25) is 13.9 Å². The molecule has 0 bridgehead atoms. The third-order valence-electron chi connectivity index (χ3n) is 6.15. The van der Waals surface area contributed by atoms with Gasteiger partial charge in [0.15, 0.2) is 5.65 Å². The van der Waals surface area contributed by atoms with E-state index < -0.39 is 17.2 Å².